The van der Waals surface area contributed by atoms with E-state index in [0.29, 0.717) is 0 Å². The highest BCUT2D eigenvalue weighted by Gasteiger charge is 1.92. The van der Waals surface area contributed by atoms with Crippen molar-refractivity contribution in [2.75, 3.05) is 14.1 Å². The molecule has 0 saturated carbocycles. The third kappa shape index (κ3) is 3.00. The van der Waals surface area contributed by atoms with Gasteiger partial charge in [-0.05, 0) is 5.56 Å². The lowest BCUT2D eigenvalue weighted by molar-refractivity contribution is 0.168. The molecular weight excluding hydrogens is 150 g/mol. The molecule has 1 aromatic rings. The van der Waals surface area contributed by atoms with Crippen LogP contribution in [0.4, 0.5) is 0 Å². The van der Waals surface area contributed by atoms with Crippen LogP contribution in [0.2, 0.25) is 0 Å². The van der Waals surface area contributed by atoms with Crippen LogP contribution in [0.1, 0.15) is 5.56 Å². The molecule has 1 aromatic carbocycles. The molecule has 0 aliphatic heterocycles. The number of hydrogen-bond donors (Lipinski definition) is 2. The molecule has 0 fully saturated rings. The number of rotatable bonds is 4. The van der Waals surface area contributed by atoms with Crippen molar-refractivity contribution >= 4 is 0 Å². The second-order valence-corrected chi connectivity index (χ2v) is 2.60. The van der Waals surface area contributed by atoms with E-state index in [4.69, 9.17) is 0 Å². The maximum Gasteiger partial charge on any atom is 0.0366 e. The van der Waals surface area contributed by atoms with Crippen LogP contribution in [-0.2, 0) is 6.54 Å². The Morgan fingerprint density at radius 2 is 1.92 bits per heavy atom. The van der Waals surface area contributed by atoms with Gasteiger partial charge in [-0.2, -0.15) is 5.12 Å². The molecule has 0 aromatic heterocycles. The monoisotopic (exact) mass is 165 g/mol. The summed E-state index contributed by atoms with van der Waals surface area (Å²) in [7, 11) is 3.81. The van der Waals surface area contributed by atoms with E-state index in [9.17, 15) is 0 Å². The maximum atomic E-state index is 3.17. The van der Waals surface area contributed by atoms with Crippen LogP contribution in [0.25, 0.3) is 0 Å². The van der Waals surface area contributed by atoms with Gasteiger partial charge in [0.25, 0.3) is 0 Å². The second-order valence-electron chi connectivity index (χ2n) is 2.60. The highest BCUT2D eigenvalue weighted by molar-refractivity contribution is 5.13. The number of nitrogens with one attached hydrogen (secondary N) is 2. The van der Waals surface area contributed by atoms with E-state index in [1.54, 1.807) is 0 Å². The van der Waals surface area contributed by atoms with Gasteiger partial charge in [0.05, 0.1) is 0 Å². The first-order chi connectivity index (χ1) is 5.83. The van der Waals surface area contributed by atoms with Gasteiger partial charge in [-0.3, -0.25) is 0 Å². The Bertz CT molecular complexity index is 210. The number of nitrogens with zero attached hydrogens (tertiary/aromatic N) is 1. The van der Waals surface area contributed by atoms with Crippen molar-refractivity contribution in [2.45, 2.75) is 6.54 Å². The van der Waals surface area contributed by atoms with Crippen molar-refractivity contribution in [3.05, 3.63) is 35.9 Å². The van der Waals surface area contributed by atoms with Crippen molar-refractivity contribution in [1.82, 2.24) is 16.0 Å². The van der Waals surface area contributed by atoms with Crippen LogP contribution >= 0.6 is 0 Å². The fourth-order valence-electron chi connectivity index (χ4n) is 0.885. The average Bonchev–Trinajstić information content (AvgIpc) is 2.16. The molecule has 0 atom stereocenters. The summed E-state index contributed by atoms with van der Waals surface area (Å²) in [4.78, 5) is 0. The van der Waals surface area contributed by atoms with Gasteiger partial charge in [-0.15, -0.1) is 0 Å². The van der Waals surface area contributed by atoms with E-state index in [0.717, 1.165) is 6.54 Å². The van der Waals surface area contributed by atoms with Gasteiger partial charge in [-0.1, -0.05) is 30.3 Å². The molecule has 0 unspecified atom stereocenters. The van der Waals surface area contributed by atoms with Gasteiger partial charge in [-0.25, -0.2) is 10.9 Å². The highest BCUT2D eigenvalue weighted by Crippen LogP contribution is 1.96. The molecule has 0 saturated heterocycles. The Morgan fingerprint density at radius 3 is 2.50 bits per heavy atom. The van der Waals surface area contributed by atoms with Gasteiger partial charge in [0.1, 0.15) is 0 Å². The van der Waals surface area contributed by atoms with Crippen molar-refractivity contribution in [1.29, 1.82) is 0 Å². The van der Waals surface area contributed by atoms with E-state index in [1.165, 1.54) is 5.56 Å². The quantitative estimate of drug-likeness (QED) is 0.645. The summed E-state index contributed by atoms with van der Waals surface area (Å²) in [6.45, 7) is 0.845. The Labute approximate surface area is 73.3 Å². The lowest BCUT2D eigenvalue weighted by Crippen LogP contribution is -2.42. The van der Waals surface area contributed by atoms with Crippen LogP contribution in [0, 0.1) is 0 Å². The largest absolute Gasteiger partial charge is 0.245 e. The van der Waals surface area contributed by atoms with Crippen LogP contribution in [0.5, 0.6) is 0 Å². The molecule has 0 spiro atoms. The Morgan fingerprint density at radius 1 is 1.25 bits per heavy atom. The highest BCUT2D eigenvalue weighted by atomic mass is 15.7. The summed E-state index contributed by atoms with van der Waals surface area (Å²) in [5.41, 5.74) is 7.41. The topological polar surface area (TPSA) is 27.3 Å². The van der Waals surface area contributed by atoms with Crippen molar-refractivity contribution in [3.8, 4) is 0 Å². The number of benzene rings is 1. The minimum atomic E-state index is 0.845. The predicted octanol–water partition coefficient (Wildman–Crippen LogP) is 0.757. The Balaban J connectivity index is 2.33. The maximum absolute atomic E-state index is 3.17. The summed E-state index contributed by atoms with van der Waals surface area (Å²) in [6.07, 6.45) is 0. The molecule has 12 heavy (non-hydrogen) atoms. The average molecular weight is 165 g/mol. The molecule has 0 aliphatic carbocycles. The molecule has 0 heterocycles. The summed E-state index contributed by atoms with van der Waals surface area (Å²) in [5.74, 6) is 0. The zero-order valence-corrected chi connectivity index (χ0v) is 7.54. The zero-order chi connectivity index (χ0) is 8.81. The molecule has 3 nitrogen and oxygen atoms in total. The molecule has 0 amide bonds. The molecular formula is C9H15N3. The summed E-state index contributed by atoms with van der Waals surface area (Å²) in [5, 5.41) is 1.83. The molecule has 66 valence electrons. The van der Waals surface area contributed by atoms with Crippen LogP contribution < -0.4 is 10.9 Å². The van der Waals surface area contributed by atoms with Crippen molar-refractivity contribution in [2.24, 2.45) is 0 Å². The van der Waals surface area contributed by atoms with E-state index >= 15 is 0 Å². The first-order valence-electron chi connectivity index (χ1n) is 4.01. The van der Waals surface area contributed by atoms with Gasteiger partial charge >= 0.3 is 0 Å². The van der Waals surface area contributed by atoms with Crippen LogP contribution in [0.15, 0.2) is 30.3 Å². The summed E-state index contributed by atoms with van der Waals surface area (Å²) < 4.78 is 0. The van der Waals surface area contributed by atoms with Crippen LogP contribution in [-0.4, -0.2) is 19.2 Å². The van der Waals surface area contributed by atoms with Crippen molar-refractivity contribution in [3.63, 3.8) is 0 Å². The minimum absolute atomic E-state index is 0.845. The first-order valence-corrected chi connectivity index (χ1v) is 4.01. The molecule has 1 rings (SSSR count). The predicted molar refractivity (Wildman–Crippen MR) is 50.1 cm³/mol. The lowest BCUT2D eigenvalue weighted by Gasteiger charge is -2.15. The Kier molecular flexibility index (Phi) is 3.73. The smallest absolute Gasteiger partial charge is 0.0366 e. The van der Waals surface area contributed by atoms with E-state index in [2.05, 4.69) is 23.0 Å². The first kappa shape index (κ1) is 9.19. The van der Waals surface area contributed by atoms with Gasteiger partial charge in [0, 0.05) is 20.6 Å². The summed E-state index contributed by atoms with van der Waals surface area (Å²) in [6, 6.07) is 10.3. The third-order valence-corrected chi connectivity index (χ3v) is 1.70. The second kappa shape index (κ2) is 4.87. The molecule has 0 bridgehead atoms. The lowest BCUT2D eigenvalue weighted by atomic mass is 10.2. The Hall–Kier alpha value is -0.900. The SMILES string of the molecule is CNN(C)NCc1ccccc1. The van der Waals surface area contributed by atoms with Crippen molar-refractivity contribution < 1.29 is 0 Å². The third-order valence-electron chi connectivity index (χ3n) is 1.70. The standard InChI is InChI=1S/C9H15N3/c1-10-12(2)11-8-9-6-4-3-5-7-9/h3-7,10-11H,8H2,1-2H3. The zero-order valence-electron chi connectivity index (χ0n) is 7.54. The molecule has 0 aliphatic rings. The normalized spacial score (nSPS) is 10.6. The number of hydrogen-bond acceptors (Lipinski definition) is 3. The van der Waals surface area contributed by atoms with E-state index in [-0.39, 0.29) is 0 Å². The molecule has 3 heteroatoms. The van der Waals surface area contributed by atoms with Gasteiger partial charge in [0.2, 0.25) is 0 Å². The number of hydrazine groups is 2. The minimum Gasteiger partial charge on any atom is -0.245 e. The van der Waals surface area contributed by atoms with E-state index in [1.807, 2.05) is 37.4 Å². The fraction of sp³-hybridized carbons (Fsp3) is 0.333. The molecule has 2 N–H and O–H groups in total. The summed E-state index contributed by atoms with van der Waals surface area (Å²) >= 11 is 0. The van der Waals surface area contributed by atoms with Gasteiger partial charge < -0.3 is 0 Å². The molecule has 0 radical (unpaired) electrons. The fourth-order valence-corrected chi connectivity index (χ4v) is 0.885. The van der Waals surface area contributed by atoms with Crippen LogP contribution in [0.3, 0.4) is 0 Å². The van der Waals surface area contributed by atoms with Gasteiger partial charge in [0.15, 0.2) is 0 Å². The van der Waals surface area contributed by atoms with E-state index < -0.39 is 0 Å².